The van der Waals surface area contributed by atoms with Crippen LogP contribution < -0.4 is 5.32 Å². The van der Waals surface area contributed by atoms with Crippen LogP contribution in [-0.2, 0) is 4.79 Å². The van der Waals surface area contributed by atoms with Gasteiger partial charge >= 0.3 is 0 Å². The number of hydrogen-bond acceptors (Lipinski definition) is 2. The molecule has 1 aliphatic heterocycles. The average molecular weight is 252 g/mol. The second-order valence-corrected chi connectivity index (χ2v) is 6.45. The fraction of sp³-hybridized carbons (Fsp3) is 0.933. The maximum absolute atomic E-state index is 12.6. The Hall–Kier alpha value is -0.570. The van der Waals surface area contributed by atoms with E-state index in [0.717, 1.165) is 18.8 Å². The summed E-state index contributed by atoms with van der Waals surface area (Å²) in [5.41, 5.74) is 0. The molecule has 1 heterocycles. The molecule has 3 heteroatoms. The van der Waals surface area contributed by atoms with Crippen molar-refractivity contribution in [1.29, 1.82) is 0 Å². The fourth-order valence-electron chi connectivity index (χ4n) is 3.31. The van der Waals surface area contributed by atoms with Gasteiger partial charge < -0.3 is 4.90 Å². The molecular weight excluding hydrogens is 224 g/mol. The molecule has 104 valence electrons. The summed E-state index contributed by atoms with van der Waals surface area (Å²) in [6, 6.07) is 0.471. The molecule has 3 atom stereocenters. The average Bonchev–Trinajstić information content (AvgIpc) is 2.52. The summed E-state index contributed by atoms with van der Waals surface area (Å²) in [4.78, 5) is 14.7. The van der Waals surface area contributed by atoms with E-state index in [1.807, 2.05) is 0 Å². The van der Waals surface area contributed by atoms with Gasteiger partial charge in [0.25, 0.3) is 0 Å². The van der Waals surface area contributed by atoms with Crippen LogP contribution in [0.5, 0.6) is 0 Å². The van der Waals surface area contributed by atoms with Gasteiger partial charge in [0.1, 0.15) is 0 Å². The van der Waals surface area contributed by atoms with Crippen LogP contribution in [-0.4, -0.2) is 29.1 Å². The van der Waals surface area contributed by atoms with Crippen LogP contribution in [0.3, 0.4) is 0 Å². The van der Waals surface area contributed by atoms with Crippen molar-refractivity contribution < 1.29 is 4.79 Å². The third kappa shape index (κ3) is 2.56. The first-order chi connectivity index (χ1) is 8.54. The Bertz CT molecular complexity index is 299. The molecule has 0 bridgehead atoms. The van der Waals surface area contributed by atoms with Gasteiger partial charge in [0, 0.05) is 6.04 Å². The third-order valence-electron chi connectivity index (χ3n) is 4.65. The quantitative estimate of drug-likeness (QED) is 0.816. The van der Waals surface area contributed by atoms with Crippen LogP contribution >= 0.6 is 0 Å². The molecule has 2 rings (SSSR count). The maximum Gasteiger partial charge on any atom is 0.241 e. The summed E-state index contributed by atoms with van der Waals surface area (Å²) < 4.78 is 0. The van der Waals surface area contributed by atoms with Crippen LogP contribution in [0, 0.1) is 11.8 Å². The lowest BCUT2D eigenvalue weighted by atomic mass is 9.79. The molecule has 1 aliphatic carbocycles. The van der Waals surface area contributed by atoms with Crippen molar-refractivity contribution >= 4 is 5.91 Å². The summed E-state index contributed by atoms with van der Waals surface area (Å²) in [6.07, 6.45) is 6.18. The van der Waals surface area contributed by atoms with Crippen LogP contribution in [0.1, 0.15) is 59.8 Å². The van der Waals surface area contributed by atoms with E-state index in [0.29, 0.717) is 17.9 Å². The standard InChI is InChI=1S/C15H28N2O/c1-5-14-16-13(9-10(2)3)15(18)17(14)11(4)12-7-6-8-12/h10-14,16H,5-9H2,1-4H3. The maximum atomic E-state index is 12.6. The first-order valence-electron chi connectivity index (χ1n) is 7.62. The lowest BCUT2D eigenvalue weighted by Crippen LogP contribution is -2.47. The third-order valence-corrected chi connectivity index (χ3v) is 4.65. The molecule has 18 heavy (non-hydrogen) atoms. The van der Waals surface area contributed by atoms with E-state index in [-0.39, 0.29) is 12.2 Å². The predicted molar refractivity (Wildman–Crippen MR) is 74.1 cm³/mol. The topological polar surface area (TPSA) is 32.3 Å². The molecule has 0 aromatic heterocycles. The second-order valence-electron chi connectivity index (χ2n) is 6.45. The molecular formula is C15H28N2O. The van der Waals surface area contributed by atoms with Gasteiger partial charge in [-0.25, -0.2) is 0 Å². The van der Waals surface area contributed by atoms with E-state index in [4.69, 9.17) is 0 Å². The molecule has 3 unspecified atom stereocenters. The fourth-order valence-corrected chi connectivity index (χ4v) is 3.31. The molecule has 3 nitrogen and oxygen atoms in total. The monoisotopic (exact) mass is 252 g/mol. The zero-order valence-corrected chi connectivity index (χ0v) is 12.3. The van der Waals surface area contributed by atoms with Gasteiger partial charge in [-0.2, -0.15) is 0 Å². The molecule has 1 saturated carbocycles. The van der Waals surface area contributed by atoms with Gasteiger partial charge in [-0.05, 0) is 44.4 Å². The Kier molecular flexibility index (Phi) is 4.31. The Morgan fingerprint density at radius 2 is 2.00 bits per heavy atom. The van der Waals surface area contributed by atoms with E-state index in [9.17, 15) is 4.79 Å². The molecule has 2 aliphatic rings. The highest BCUT2D eigenvalue weighted by molar-refractivity contribution is 5.84. The minimum Gasteiger partial charge on any atom is -0.323 e. The highest BCUT2D eigenvalue weighted by Gasteiger charge is 2.43. The second kappa shape index (κ2) is 5.60. The van der Waals surface area contributed by atoms with Gasteiger partial charge in [-0.3, -0.25) is 10.1 Å². The largest absolute Gasteiger partial charge is 0.323 e. The molecule has 1 amide bonds. The molecule has 0 aromatic carbocycles. The zero-order valence-electron chi connectivity index (χ0n) is 12.3. The summed E-state index contributed by atoms with van der Waals surface area (Å²) in [5.74, 6) is 1.65. The highest BCUT2D eigenvalue weighted by Crippen LogP contribution is 2.34. The van der Waals surface area contributed by atoms with Crippen molar-refractivity contribution in [2.45, 2.75) is 78.0 Å². The van der Waals surface area contributed by atoms with E-state index >= 15 is 0 Å². The first-order valence-corrected chi connectivity index (χ1v) is 7.62. The lowest BCUT2D eigenvalue weighted by molar-refractivity contribution is -0.134. The summed E-state index contributed by atoms with van der Waals surface area (Å²) in [6.45, 7) is 8.79. The Morgan fingerprint density at radius 1 is 1.33 bits per heavy atom. The number of carbonyl (C=O) groups is 1. The molecule has 1 N–H and O–H groups in total. The van der Waals surface area contributed by atoms with Gasteiger partial charge in [-0.1, -0.05) is 27.2 Å². The Morgan fingerprint density at radius 3 is 2.44 bits per heavy atom. The Labute approximate surface area is 111 Å². The molecule has 0 aromatic rings. The van der Waals surface area contributed by atoms with Crippen molar-refractivity contribution in [2.24, 2.45) is 11.8 Å². The first kappa shape index (κ1) is 13.9. The van der Waals surface area contributed by atoms with Gasteiger partial charge in [0.2, 0.25) is 5.91 Å². The molecule has 0 spiro atoms. The van der Waals surface area contributed by atoms with Crippen molar-refractivity contribution in [2.75, 3.05) is 0 Å². The highest BCUT2D eigenvalue weighted by atomic mass is 16.2. The zero-order chi connectivity index (χ0) is 13.3. The van der Waals surface area contributed by atoms with Crippen LogP contribution in [0.15, 0.2) is 0 Å². The summed E-state index contributed by atoms with van der Waals surface area (Å²) in [7, 11) is 0. The number of hydrogen-bond donors (Lipinski definition) is 1. The number of amides is 1. The van der Waals surface area contributed by atoms with Gasteiger partial charge in [0.15, 0.2) is 0 Å². The molecule has 0 radical (unpaired) electrons. The van der Waals surface area contributed by atoms with Crippen LogP contribution in [0.25, 0.3) is 0 Å². The van der Waals surface area contributed by atoms with Crippen molar-refractivity contribution in [3.05, 3.63) is 0 Å². The summed E-state index contributed by atoms with van der Waals surface area (Å²) in [5, 5.41) is 3.53. The SMILES string of the molecule is CCC1NC(CC(C)C)C(=O)N1C(C)C1CCC1. The number of nitrogens with one attached hydrogen (secondary N) is 1. The van der Waals surface area contributed by atoms with Gasteiger partial charge in [0.05, 0.1) is 12.2 Å². The molecule has 2 fully saturated rings. The number of rotatable bonds is 5. The van der Waals surface area contributed by atoms with Crippen molar-refractivity contribution in [3.8, 4) is 0 Å². The van der Waals surface area contributed by atoms with E-state index < -0.39 is 0 Å². The van der Waals surface area contributed by atoms with Crippen molar-refractivity contribution in [1.82, 2.24) is 10.2 Å². The van der Waals surface area contributed by atoms with E-state index in [1.165, 1.54) is 19.3 Å². The van der Waals surface area contributed by atoms with Crippen LogP contribution in [0.4, 0.5) is 0 Å². The lowest BCUT2D eigenvalue weighted by Gasteiger charge is -2.39. The number of carbonyl (C=O) groups excluding carboxylic acids is 1. The minimum atomic E-state index is 0.0532. The Balaban J connectivity index is 2.04. The minimum absolute atomic E-state index is 0.0532. The van der Waals surface area contributed by atoms with E-state index in [2.05, 4.69) is 37.9 Å². The van der Waals surface area contributed by atoms with Gasteiger partial charge in [-0.15, -0.1) is 0 Å². The predicted octanol–water partition coefficient (Wildman–Crippen LogP) is 2.76. The van der Waals surface area contributed by atoms with E-state index in [1.54, 1.807) is 0 Å². The normalized spacial score (nSPS) is 30.9. The van der Waals surface area contributed by atoms with Crippen LogP contribution in [0.2, 0.25) is 0 Å². The molecule has 1 saturated heterocycles. The number of nitrogens with zero attached hydrogens (tertiary/aromatic N) is 1. The summed E-state index contributed by atoms with van der Waals surface area (Å²) >= 11 is 0. The smallest absolute Gasteiger partial charge is 0.241 e. The van der Waals surface area contributed by atoms with Crippen molar-refractivity contribution in [3.63, 3.8) is 0 Å².